The van der Waals surface area contributed by atoms with Gasteiger partial charge in [0, 0.05) is 49.5 Å². The molecule has 0 aliphatic heterocycles. The molecule has 0 spiro atoms. The van der Waals surface area contributed by atoms with Gasteiger partial charge in [0.25, 0.3) is 5.56 Å². The number of aryl methyl sites for hydroxylation is 1. The van der Waals surface area contributed by atoms with Crippen LogP contribution in [0.5, 0.6) is 0 Å². The molecule has 0 unspecified atom stereocenters. The van der Waals surface area contributed by atoms with E-state index in [4.69, 9.17) is 5.11 Å². The molecule has 0 aliphatic carbocycles. The number of benzene rings is 1. The highest BCUT2D eigenvalue weighted by Gasteiger charge is 2.13. The van der Waals surface area contributed by atoms with E-state index < -0.39 is 0 Å². The molecule has 0 saturated heterocycles. The molecular formula is C25H31N5O3S. The molecule has 3 rings (SSSR count). The highest BCUT2D eigenvalue weighted by atomic mass is 32.2. The molecule has 0 aliphatic rings. The Balaban J connectivity index is 1.72. The van der Waals surface area contributed by atoms with E-state index in [1.165, 1.54) is 23.7 Å². The van der Waals surface area contributed by atoms with E-state index in [9.17, 15) is 9.59 Å². The minimum Gasteiger partial charge on any atom is -0.396 e. The number of amides is 1. The Kier molecular flexibility index (Phi) is 10.2. The van der Waals surface area contributed by atoms with E-state index in [1.807, 2.05) is 6.92 Å². The molecule has 9 heteroatoms. The molecule has 1 aromatic carbocycles. The summed E-state index contributed by atoms with van der Waals surface area (Å²) in [5.74, 6) is 0.518. The first-order chi connectivity index (χ1) is 16.5. The fraction of sp³-hybridized carbons (Fsp3) is 0.400. The zero-order valence-electron chi connectivity index (χ0n) is 19.4. The van der Waals surface area contributed by atoms with E-state index >= 15 is 0 Å². The predicted octanol–water partition coefficient (Wildman–Crippen LogP) is 2.89. The van der Waals surface area contributed by atoms with Gasteiger partial charge in [-0.2, -0.15) is 4.98 Å². The van der Waals surface area contributed by atoms with Crippen molar-refractivity contribution in [1.82, 2.24) is 24.8 Å². The molecule has 0 fully saturated rings. The molecule has 2 heterocycles. The van der Waals surface area contributed by atoms with Crippen molar-refractivity contribution in [2.45, 2.75) is 56.5 Å². The molecule has 0 bridgehead atoms. The third-order valence-electron chi connectivity index (χ3n) is 5.25. The lowest BCUT2D eigenvalue weighted by Crippen LogP contribution is -2.30. The van der Waals surface area contributed by atoms with E-state index in [1.54, 1.807) is 23.2 Å². The normalized spacial score (nSPS) is 10.9. The van der Waals surface area contributed by atoms with Crippen LogP contribution in [0.4, 0.5) is 0 Å². The van der Waals surface area contributed by atoms with Gasteiger partial charge in [0.05, 0.1) is 0 Å². The fourth-order valence-corrected chi connectivity index (χ4v) is 4.29. The van der Waals surface area contributed by atoms with Gasteiger partial charge in [-0.15, -0.1) is 0 Å². The van der Waals surface area contributed by atoms with Crippen molar-refractivity contribution in [3.8, 4) is 0 Å². The van der Waals surface area contributed by atoms with Gasteiger partial charge in [-0.25, -0.2) is 9.97 Å². The number of hydrogen-bond acceptors (Lipinski definition) is 7. The molecule has 0 atom stereocenters. The summed E-state index contributed by atoms with van der Waals surface area (Å²) in [6.07, 6.45) is 10.4. The fourth-order valence-electron chi connectivity index (χ4n) is 3.37. The van der Waals surface area contributed by atoms with Crippen LogP contribution < -0.4 is 10.9 Å². The van der Waals surface area contributed by atoms with Crippen LogP contribution in [0.2, 0.25) is 0 Å². The van der Waals surface area contributed by atoms with Crippen LogP contribution in [0.3, 0.4) is 0 Å². The van der Waals surface area contributed by atoms with Crippen LogP contribution in [-0.4, -0.2) is 43.7 Å². The number of unbranched alkanes of at least 4 members (excludes halogenated alkanes) is 3. The molecule has 1 amide bonds. The summed E-state index contributed by atoms with van der Waals surface area (Å²) in [5, 5.41) is 12.3. The van der Waals surface area contributed by atoms with Gasteiger partial charge < -0.3 is 15.0 Å². The predicted molar refractivity (Wildman–Crippen MR) is 133 cm³/mol. The Morgan fingerprint density at radius 2 is 1.79 bits per heavy atom. The van der Waals surface area contributed by atoms with Crippen LogP contribution in [0.1, 0.15) is 47.9 Å². The van der Waals surface area contributed by atoms with Crippen molar-refractivity contribution in [3.05, 3.63) is 81.8 Å². The van der Waals surface area contributed by atoms with Crippen molar-refractivity contribution in [2.24, 2.45) is 0 Å². The molecule has 34 heavy (non-hydrogen) atoms. The van der Waals surface area contributed by atoms with Gasteiger partial charge in [-0.05, 0) is 30.9 Å². The molecule has 3 aromatic rings. The number of rotatable bonds is 13. The highest BCUT2D eigenvalue weighted by molar-refractivity contribution is 7.98. The van der Waals surface area contributed by atoms with E-state index in [0.717, 1.165) is 36.8 Å². The number of thioether (sulfide) groups is 1. The van der Waals surface area contributed by atoms with Gasteiger partial charge in [-0.1, -0.05) is 54.4 Å². The van der Waals surface area contributed by atoms with Gasteiger partial charge >= 0.3 is 0 Å². The zero-order valence-corrected chi connectivity index (χ0v) is 20.3. The van der Waals surface area contributed by atoms with Crippen LogP contribution in [0, 0.1) is 6.92 Å². The molecule has 0 saturated carbocycles. The molecular weight excluding hydrogens is 450 g/mol. The summed E-state index contributed by atoms with van der Waals surface area (Å²) in [5.41, 5.74) is 3.29. The van der Waals surface area contributed by atoms with Crippen molar-refractivity contribution in [3.63, 3.8) is 0 Å². The lowest BCUT2D eigenvalue weighted by molar-refractivity contribution is -0.121. The van der Waals surface area contributed by atoms with Gasteiger partial charge in [-0.3, -0.25) is 9.59 Å². The standard InChI is InChI=1S/C25H31N5O3S/c1-19-6-8-20(9-7-19)17-34-25-29-24(33)22(12-21-13-26-18-27-14-21)15-30(25)16-23(32)28-10-4-2-3-5-11-31/h6-9,13-15,18,31H,2-5,10-12,16-17H2,1H3,(H,28,32). The van der Waals surface area contributed by atoms with E-state index in [2.05, 4.69) is 44.5 Å². The monoisotopic (exact) mass is 481 g/mol. The maximum absolute atomic E-state index is 12.7. The van der Waals surface area contributed by atoms with E-state index in [-0.39, 0.29) is 24.6 Å². The Labute approximate surface area is 203 Å². The maximum Gasteiger partial charge on any atom is 0.277 e. The molecule has 8 nitrogen and oxygen atoms in total. The van der Waals surface area contributed by atoms with Gasteiger partial charge in [0.2, 0.25) is 5.91 Å². The Morgan fingerprint density at radius 1 is 1.06 bits per heavy atom. The number of aromatic nitrogens is 4. The molecule has 180 valence electrons. The molecule has 0 radical (unpaired) electrons. The molecule has 2 aromatic heterocycles. The Hall–Kier alpha value is -3.04. The quantitative estimate of drug-likeness (QED) is 0.219. The third-order valence-corrected chi connectivity index (χ3v) is 6.31. The van der Waals surface area contributed by atoms with Crippen LogP contribution in [-0.2, 0) is 23.5 Å². The topological polar surface area (TPSA) is 110 Å². The largest absolute Gasteiger partial charge is 0.396 e. The summed E-state index contributed by atoms with van der Waals surface area (Å²) < 4.78 is 1.75. The third kappa shape index (κ3) is 8.39. The lowest BCUT2D eigenvalue weighted by Gasteiger charge is -2.14. The number of aliphatic hydroxyl groups excluding tert-OH is 1. The Bertz CT molecular complexity index is 1100. The number of carbonyl (C=O) groups is 1. The second kappa shape index (κ2) is 13.6. The summed E-state index contributed by atoms with van der Waals surface area (Å²) in [7, 11) is 0. The minimum absolute atomic E-state index is 0.0818. The summed E-state index contributed by atoms with van der Waals surface area (Å²) >= 11 is 1.44. The number of carbonyl (C=O) groups excluding carboxylic acids is 1. The number of aliphatic hydroxyl groups is 1. The first kappa shape index (κ1) is 25.6. The first-order valence-electron chi connectivity index (χ1n) is 11.5. The average Bonchev–Trinajstić information content (AvgIpc) is 2.84. The summed E-state index contributed by atoms with van der Waals surface area (Å²) in [4.78, 5) is 37.7. The Morgan fingerprint density at radius 3 is 2.53 bits per heavy atom. The summed E-state index contributed by atoms with van der Waals surface area (Å²) in [6.45, 7) is 2.90. The van der Waals surface area contributed by atoms with Crippen LogP contribution in [0.25, 0.3) is 0 Å². The summed E-state index contributed by atoms with van der Waals surface area (Å²) in [6, 6.07) is 8.21. The minimum atomic E-state index is -0.309. The number of nitrogens with one attached hydrogen (secondary N) is 1. The second-order valence-electron chi connectivity index (χ2n) is 8.17. The number of nitrogens with zero attached hydrogens (tertiary/aromatic N) is 4. The van der Waals surface area contributed by atoms with E-state index in [0.29, 0.717) is 29.4 Å². The van der Waals surface area contributed by atoms with Gasteiger partial charge in [0.1, 0.15) is 12.9 Å². The van der Waals surface area contributed by atoms with Crippen molar-refractivity contribution >= 4 is 17.7 Å². The maximum atomic E-state index is 12.7. The highest BCUT2D eigenvalue weighted by Crippen LogP contribution is 2.21. The van der Waals surface area contributed by atoms with Crippen LogP contribution in [0.15, 0.2) is 59.1 Å². The zero-order chi connectivity index (χ0) is 24.2. The second-order valence-corrected chi connectivity index (χ2v) is 9.11. The average molecular weight is 482 g/mol. The van der Waals surface area contributed by atoms with Crippen molar-refractivity contribution in [2.75, 3.05) is 13.2 Å². The van der Waals surface area contributed by atoms with Crippen LogP contribution >= 0.6 is 11.8 Å². The smallest absolute Gasteiger partial charge is 0.277 e. The van der Waals surface area contributed by atoms with Gasteiger partial charge in [0.15, 0.2) is 5.16 Å². The first-order valence-corrected chi connectivity index (χ1v) is 12.4. The molecule has 2 N–H and O–H groups in total. The van der Waals surface area contributed by atoms with Crippen molar-refractivity contribution in [1.29, 1.82) is 0 Å². The SMILES string of the molecule is Cc1ccc(CSc2nc(=O)c(Cc3cncnc3)cn2CC(=O)NCCCCCCO)cc1. The lowest BCUT2D eigenvalue weighted by atomic mass is 10.1. The number of hydrogen-bond donors (Lipinski definition) is 2. The van der Waals surface area contributed by atoms with Crippen molar-refractivity contribution < 1.29 is 9.90 Å².